The molecule has 0 aliphatic rings. The van der Waals surface area contributed by atoms with Crippen molar-refractivity contribution in [2.24, 2.45) is 0 Å². The number of carbonyl (C=O) groups excluding carboxylic acids is 1. The number of anilines is 1. The molecule has 0 aliphatic carbocycles. The summed E-state index contributed by atoms with van der Waals surface area (Å²) in [6.45, 7) is 4.39. The molecule has 0 unspecified atom stereocenters. The molecule has 0 spiro atoms. The van der Waals surface area contributed by atoms with E-state index in [4.69, 9.17) is 0 Å². The first-order valence-corrected chi connectivity index (χ1v) is 9.04. The maximum absolute atomic E-state index is 12.6. The van der Waals surface area contributed by atoms with Crippen molar-refractivity contribution in [2.45, 2.75) is 20.4 Å². The molecule has 0 saturated carbocycles. The highest BCUT2D eigenvalue weighted by atomic mass is 79.9. The van der Waals surface area contributed by atoms with Crippen molar-refractivity contribution in [3.8, 4) is 0 Å². The molecule has 1 aromatic heterocycles. The van der Waals surface area contributed by atoms with Gasteiger partial charge in [0.05, 0.1) is 12.1 Å². The molecule has 3 aromatic rings. The van der Waals surface area contributed by atoms with Crippen molar-refractivity contribution in [3.63, 3.8) is 0 Å². The Balaban J connectivity index is 1.83. The van der Waals surface area contributed by atoms with Crippen LogP contribution in [0, 0.1) is 13.8 Å². The average Bonchev–Trinajstić information content (AvgIpc) is 2.58. The lowest BCUT2D eigenvalue weighted by molar-refractivity contribution is 0.102. The lowest BCUT2D eigenvalue weighted by atomic mass is 10.1. The van der Waals surface area contributed by atoms with E-state index in [1.165, 1.54) is 6.07 Å². The van der Waals surface area contributed by atoms with Gasteiger partial charge in [0.2, 0.25) is 0 Å². The van der Waals surface area contributed by atoms with Gasteiger partial charge in [-0.25, -0.2) is 0 Å². The number of aryl methyl sites for hydroxylation is 2. The van der Waals surface area contributed by atoms with E-state index < -0.39 is 0 Å². The maximum atomic E-state index is 12.6. The number of carbonyl (C=O) groups is 1. The lowest BCUT2D eigenvalue weighted by Gasteiger charge is -2.10. The quantitative estimate of drug-likeness (QED) is 0.686. The fourth-order valence-electron chi connectivity index (χ4n) is 2.83. The molecule has 1 heterocycles. The van der Waals surface area contributed by atoms with E-state index in [2.05, 4.69) is 21.2 Å². The summed E-state index contributed by atoms with van der Waals surface area (Å²) in [6.07, 6.45) is 1.60. The molecule has 2 aromatic carbocycles. The SMILES string of the molecule is Cc1cc(C)cc(NC(=O)c2ccc(=O)n(Cc3ccc(Br)cc3)c2)c1. The number of hydrogen-bond acceptors (Lipinski definition) is 2. The highest BCUT2D eigenvalue weighted by Crippen LogP contribution is 2.15. The van der Waals surface area contributed by atoms with Crippen LogP contribution in [0.3, 0.4) is 0 Å². The number of hydrogen-bond donors (Lipinski definition) is 1. The van der Waals surface area contributed by atoms with Gasteiger partial charge in [-0.3, -0.25) is 9.59 Å². The van der Waals surface area contributed by atoms with Gasteiger partial charge in [-0.2, -0.15) is 0 Å². The summed E-state index contributed by atoms with van der Waals surface area (Å²) in [7, 11) is 0. The molecule has 0 bridgehead atoms. The maximum Gasteiger partial charge on any atom is 0.257 e. The number of halogens is 1. The Bertz CT molecular complexity index is 987. The third-order valence-corrected chi connectivity index (χ3v) is 4.52. The van der Waals surface area contributed by atoms with Crippen molar-refractivity contribution in [1.82, 2.24) is 4.57 Å². The summed E-state index contributed by atoms with van der Waals surface area (Å²) in [5.41, 5.74) is 4.21. The number of aromatic nitrogens is 1. The van der Waals surface area contributed by atoms with Crippen molar-refractivity contribution in [2.75, 3.05) is 5.32 Å². The monoisotopic (exact) mass is 410 g/mol. The van der Waals surface area contributed by atoms with Crippen LogP contribution in [0.2, 0.25) is 0 Å². The van der Waals surface area contributed by atoms with Crippen LogP contribution in [0.4, 0.5) is 5.69 Å². The summed E-state index contributed by atoms with van der Waals surface area (Å²) >= 11 is 3.40. The standard InChI is InChI=1S/C21H19BrN2O2/c1-14-9-15(2)11-19(10-14)23-21(26)17-5-8-20(25)24(13-17)12-16-3-6-18(22)7-4-16/h3-11,13H,12H2,1-2H3,(H,23,26). The number of benzene rings is 2. The number of pyridine rings is 1. The minimum atomic E-state index is -0.237. The van der Waals surface area contributed by atoms with Gasteiger partial charge in [-0.05, 0) is 60.9 Å². The fraction of sp³-hybridized carbons (Fsp3) is 0.143. The Labute approximate surface area is 160 Å². The minimum Gasteiger partial charge on any atom is -0.322 e. The zero-order chi connectivity index (χ0) is 18.7. The first kappa shape index (κ1) is 18.1. The molecule has 0 fully saturated rings. The smallest absolute Gasteiger partial charge is 0.257 e. The molecular formula is C21H19BrN2O2. The van der Waals surface area contributed by atoms with Gasteiger partial charge < -0.3 is 9.88 Å². The number of nitrogens with zero attached hydrogens (tertiary/aromatic N) is 1. The predicted molar refractivity (Wildman–Crippen MR) is 108 cm³/mol. The van der Waals surface area contributed by atoms with Crippen LogP contribution in [0.15, 0.2) is 70.1 Å². The van der Waals surface area contributed by atoms with E-state index in [-0.39, 0.29) is 11.5 Å². The van der Waals surface area contributed by atoms with Crippen LogP contribution in [-0.2, 0) is 6.54 Å². The molecule has 0 radical (unpaired) electrons. The third-order valence-electron chi connectivity index (χ3n) is 3.99. The number of amides is 1. The first-order chi connectivity index (χ1) is 12.4. The van der Waals surface area contributed by atoms with Gasteiger partial charge in [-0.15, -0.1) is 0 Å². The summed E-state index contributed by atoms with van der Waals surface area (Å²) in [4.78, 5) is 24.7. The van der Waals surface area contributed by atoms with Gasteiger partial charge in [0.25, 0.3) is 11.5 Å². The molecule has 3 rings (SSSR count). The minimum absolute atomic E-state index is 0.143. The van der Waals surface area contributed by atoms with Crippen molar-refractivity contribution in [3.05, 3.63) is 97.9 Å². The second kappa shape index (κ2) is 7.70. The van der Waals surface area contributed by atoms with Crippen LogP contribution >= 0.6 is 15.9 Å². The molecule has 132 valence electrons. The molecule has 1 amide bonds. The molecule has 1 N–H and O–H groups in total. The van der Waals surface area contributed by atoms with Crippen LogP contribution in [0.5, 0.6) is 0 Å². The Morgan fingerprint density at radius 2 is 1.65 bits per heavy atom. The number of nitrogens with one attached hydrogen (secondary N) is 1. The van der Waals surface area contributed by atoms with Crippen molar-refractivity contribution >= 4 is 27.5 Å². The highest BCUT2D eigenvalue weighted by Gasteiger charge is 2.09. The van der Waals surface area contributed by atoms with Gasteiger partial charge in [0.15, 0.2) is 0 Å². The normalized spacial score (nSPS) is 10.6. The molecular weight excluding hydrogens is 392 g/mol. The van der Waals surface area contributed by atoms with E-state index in [0.717, 1.165) is 26.9 Å². The topological polar surface area (TPSA) is 51.1 Å². The van der Waals surface area contributed by atoms with Gasteiger partial charge >= 0.3 is 0 Å². The van der Waals surface area contributed by atoms with Gasteiger partial charge in [0, 0.05) is 22.4 Å². The molecule has 5 heteroatoms. The lowest BCUT2D eigenvalue weighted by Crippen LogP contribution is -2.22. The Kier molecular flexibility index (Phi) is 5.38. The zero-order valence-electron chi connectivity index (χ0n) is 14.6. The highest BCUT2D eigenvalue weighted by molar-refractivity contribution is 9.10. The zero-order valence-corrected chi connectivity index (χ0v) is 16.2. The first-order valence-electron chi connectivity index (χ1n) is 8.25. The average molecular weight is 411 g/mol. The summed E-state index contributed by atoms with van der Waals surface area (Å²) in [5, 5.41) is 2.90. The van der Waals surface area contributed by atoms with E-state index in [1.807, 2.05) is 56.3 Å². The largest absolute Gasteiger partial charge is 0.322 e. The Hall–Kier alpha value is -2.66. The summed E-state index contributed by atoms with van der Waals surface area (Å²) in [5.74, 6) is -0.237. The van der Waals surface area contributed by atoms with E-state index in [9.17, 15) is 9.59 Å². The van der Waals surface area contributed by atoms with Gasteiger partial charge in [-0.1, -0.05) is 34.1 Å². The molecule has 0 atom stereocenters. The second-order valence-corrected chi connectivity index (χ2v) is 7.26. The number of rotatable bonds is 4. The summed E-state index contributed by atoms with van der Waals surface area (Å²) in [6, 6.07) is 16.6. The molecule has 26 heavy (non-hydrogen) atoms. The second-order valence-electron chi connectivity index (χ2n) is 6.34. The fourth-order valence-corrected chi connectivity index (χ4v) is 3.09. The van der Waals surface area contributed by atoms with Crippen molar-refractivity contribution < 1.29 is 4.79 Å². The van der Waals surface area contributed by atoms with Crippen LogP contribution in [0.1, 0.15) is 27.0 Å². The molecule has 0 aliphatic heterocycles. The van der Waals surface area contributed by atoms with Crippen LogP contribution < -0.4 is 10.9 Å². The van der Waals surface area contributed by atoms with Crippen molar-refractivity contribution in [1.29, 1.82) is 0 Å². The Morgan fingerprint density at radius 3 is 2.31 bits per heavy atom. The van der Waals surface area contributed by atoms with E-state index in [1.54, 1.807) is 16.8 Å². The molecule has 4 nitrogen and oxygen atoms in total. The van der Waals surface area contributed by atoms with E-state index in [0.29, 0.717) is 12.1 Å². The predicted octanol–water partition coefficient (Wildman–Crippen LogP) is 4.53. The third kappa shape index (κ3) is 4.49. The van der Waals surface area contributed by atoms with Crippen LogP contribution in [0.25, 0.3) is 0 Å². The van der Waals surface area contributed by atoms with Crippen LogP contribution in [-0.4, -0.2) is 10.5 Å². The Morgan fingerprint density at radius 1 is 1.00 bits per heavy atom. The molecule has 0 saturated heterocycles. The van der Waals surface area contributed by atoms with Gasteiger partial charge in [0.1, 0.15) is 0 Å². The van der Waals surface area contributed by atoms with E-state index >= 15 is 0 Å². The summed E-state index contributed by atoms with van der Waals surface area (Å²) < 4.78 is 2.52.